The van der Waals surface area contributed by atoms with Gasteiger partial charge in [-0.1, -0.05) is 6.92 Å². The largest absolute Gasteiger partial charge is 0.451 e. The Morgan fingerprint density at radius 3 is 2.10 bits per heavy atom. The van der Waals surface area contributed by atoms with Crippen LogP contribution >= 0.6 is 0 Å². The molecule has 1 aliphatic carbocycles. The van der Waals surface area contributed by atoms with E-state index in [1.807, 2.05) is 6.92 Å². The van der Waals surface area contributed by atoms with Crippen LogP contribution in [0.25, 0.3) is 0 Å². The summed E-state index contributed by atoms with van der Waals surface area (Å²) in [5.74, 6) is -3.86. The maximum atomic E-state index is 13.1. The van der Waals surface area contributed by atoms with E-state index in [9.17, 15) is 22.0 Å². The smallest absolute Gasteiger partial charge is 0.233 e. The number of nitrogens with zero attached hydrogens (tertiary/aromatic N) is 2. The van der Waals surface area contributed by atoms with Gasteiger partial charge < -0.3 is 0 Å². The number of aromatic nitrogens is 2. The summed E-state index contributed by atoms with van der Waals surface area (Å²) in [5, 5.41) is 0. The van der Waals surface area contributed by atoms with Crippen LogP contribution in [0.1, 0.15) is 49.9 Å². The highest BCUT2D eigenvalue weighted by molar-refractivity contribution is 5.13. The zero-order valence-electron chi connectivity index (χ0n) is 10.9. The fourth-order valence-corrected chi connectivity index (χ4v) is 2.55. The van der Waals surface area contributed by atoms with Crippen molar-refractivity contribution in [2.24, 2.45) is 5.92 Å². The Morgan fingerprint density at radius 2 is 1.65 bits per heavy atom. The molecule has 0 bridgehead atoms. The van der Waals surface area contributed by atoms with Crippen molar-refractivity contribution in [3.63, 3.8) is 0 Å². The number of rotatable bonds is 2. The van der Waals surface area contributed by atoms with Gasteiger partial charge in [0.15, 0.2) is 0 Å². The lowest BCUT2D eigenvalue weighted by Crippen LogP contribution is -2.27. The van der Waals surface area contributed by atoms with Crippen molar-refractivity contribution < 1.29 is 22.0 Å². The van der Waals surface area contributed by atoms with Crippen molar-refractivity contribution >= 4 is 0 Å². The van der Waals surface area contributed by atoms with Gasteiger partial charge in [0.2, 0.25) is 11.7 Å². The zero-order valence-corrected chi connectivity index (χ0v) is 10.9. The monoisotopic (exact) mass is 294 g/mol. The maximum absolute atomic E-state index is 13.1. The molecule has 0 amide bonds. The third-order valence-corrected chi connectivity index (χ3v) is 3.92. The van der Waals surface area contributed by atoms with Gasteiger partial charge in [0, 0.05) is 25.2 Å². The van der Waals surface area contributed by atoms with Gasteiger partial charge >= 0.3 is 6.18 Å². The number of halogens is 5. The van der Waals surface area contributed by atoms with Gasteiger partial charge in [0.1, 0.15) is 0 Å². The minimum absolute atomic E-state index is 0.0370. The van der Waals surface area contributed by atoms with E-state index in [2.05, 4.69) is 9.97 Å². The first-order chi connectivity index (χ1) is 9.19. The van der Waals surface area contributed by atoms with Gasteiger partial charge in [-0.3, -0.25) is 0 Å². The summed E-state index contributed by atoms with van der Waals surface area (Å²) < 4.78 is 63.2. The Balaban J connectivity index is 2.05. The van der Waals surface area contributed by atoms with Crippen LogP contribution in [0.3, 0.4) is 0 Å². The summed E-state index contributed by atoms with van der Waals surface area (Å²) >= 11 is 0. The first-order valence-corrected chi connectivity index (χ1v) is 6.46. The second kappa shape index (κ2) is 5.26. The number of hydrogen-bond acceptors (Lipinski definition) is 2. The first-order valence-electron chi connectivity index (χ1n) is 6.46. The SMILES string of the molecule is CC(c1cnc(C(F)(F)F)nc1)C1CCC(F)(F)CC1. The molecule has 1 aromatic rings. The van der Waals surface area contributed by atoms with Crippen LogP contribution in [0.4, 0.5) is 22.0 Å². The average Bonchev–Trinajstić information content (AvgIpc) is 2.37. The molecule has 7 heteroatoms. The summed E-state index contributed by atoms with van der Waals surface area (Å²) in [6.07, 6.45) is -1.85. The van der Waals surface area contributed by atoms with E-state index in [1.54, 1.807) is 0 Å². The second-order valence-electron chi connectivity index (χ2n) is 5.32. The molecule has 1 unspecified atom stereocenters. The molecule has 0 saturated heterocycles. The van der Waals surface area contributed by atoms with Crippen molar-refractivity contribution in [3.05, 3.63) is 23.8 Å². The molecular weight excluding hydrogens is 279 g/mol. The van der Waals surface area contributed by atoms with E-state index in [4.69, 9.17) is 0 Å². The summed E-state index contributed by atoms with van der Waals surface area (Å²) in [6.45, 7) is 1.82. The molecule has 0 N–H and O–H groups in total. The third-order valence-electron chi connectivity index (χ3n) is 3.92. The predicted octanol–water partition coefficient (Wildman–Crippen LogP) is 4.42. The van der Waals surface area contributed by atoms with Crippen molar-refractivity contribution in [1.29, 1.82) is 0 Å². The summed E-state index contributed by atoms with van der Waals surface area (Å²) in [4.78, 5) is 6.62. The molecule has 1 aromatic heterocycles. The van der Waals surface area contributed by atoms with Gasteiger partial charge in [-0.15, -0.1) is 0 Å². The highest BCUT2D eigenvalue weighted by Crippen LogP contribution is 2.42. The van der Waals surface area contributed by atoms with Gasteiger partial charge in [0.05, 0.1) is 0 Å². The molecule has 112 valence electrons. The van der Waals surface area contributed by atoms with Crippen LogP contribution in [0, 0.1) is 5.92 Å². The van der Waals surface area contributed by atoms with Gasteiger partial charge in [-0.25, -0.2) is 18.7 Å². The van der Waals surface area contributed by atoms with Crippen LogP contribution in [0.2, 0.25) is 0 Å². The third kappa shape index (κ3) is 3.43. The Morgan fingerprint density at radius 1 is 1.15 bits per heavy atom. The fraction of sp³-hybridized carbons (Fsp3) is 0.692. The number of alkyl halides is 5. The van der Waals surface area contributed by atoms with Crippen molar-refractivity contribution in [3.8, 4) is 0 Å². The maximum Gasteiger partial charge on any atom is 0.451 e. The van der Waals surface area contributed by atoms with E-state index in [0.717, 1.165) is 12.4 Å². The average molecular weight is 294 g/mol. The van der Waals surface area contributed by atoms with E-state index in [1.165, 1.54) is 0 Å². The van der Waals surface area contributed by atoms with Crippen LogP contribution in [-0.2, 0) is 6.18 Å². The fourth-order valence-electron chi connectivity index (χ4n) is 2.55. The molecule has 1 atom stereocenters. The molecule has 20 heavy (non-hydrogen) atoms. The molecule has 0 radical (unpaired) electrons. The molecular formula is C13H15F5N2. The molecule has 1 fully saturated rings. The van der Waals surface area contributed by atoms with Crippen molar-refractivity contribution in [1.82, 2.24) is 9.97 Å². The highest BCUT2D eigenvalue weighted by atomic mass is 19.4. The summed E-state index contributed by atoms with van der Waals surface area (Å²) in [7, 11) is 0. The number of hydrogen-bond donors (Lipinski definition) is 0. The van der Waals surface area contributed by atoms with E-state index in [0.29, 0.717) is 18.4 Å². The predicted molar refractivity (Wildman–Crippen MR) is 62.4 cm³/mol. The molecule has 0 spiro atoms. The highest BCUT2D eigenvalue weighted by Gasteiger charge is 2.38. The van der Waals surface area contributed by atoms with E-state index >= 15 is 0 Å². The van der Waals surface area contributed by atoms with Crippen molar-refractivity contribution in [2.45, 2.75) is 50.6 Å². The van der Waals surface area contributed by atoms with E-state index in [-0.39, 0.29) is 24.7 Å². The minimum Gasteiger partial charge on any atom is -0.233 e. The van der Waals surface area contributed by atoms with Crippen LogP contribution in [-0.4, -0.2) is 15.9 Å². The Bertz CT molecular complexity index is 445. The van der Waals surface area contributed by atoms with Crippen LogP contribution in [0.15, 0.2) is 12.4 Å². The molecule has 2 rings (SSSR count). The Labute approximate surface area is 113 Å². The van der Waals surface area contributed by atoms with Gasteiger partial charge in [-0.05, 0) is 30.2 Å². The molecule has 1 saturated carbocycles. The molecule has 1 aliphatic rings. The lowest BCUT2D eigenvalue weighted by molar-refractivity contribution is -0.145. The second-order valence-corrected chi connectivity index (χ2v) is 5.32. The van der Waals surface area contributed by atoms with Crippen LogP contribution < -0.4 is 0 Å². The normalized spacial score (nSPS) is 21.7. The molecule has 1 heterocycles. The van der Waals surface area contributed by atoms with E-state index < -0.39 is 17.9 Å². The minimum atomic E-state index is -4.56. The lowest BCUT2D eigenvalue weighted by atomic mass is 9.77. The summed E-state index contributed by atoms with van der Waals surface area (Å²) in [6, 6.07) is 0. The van der Waals surface area contributed by atoms with Gasteiger partial charge in [0.25, 0.3) is 0 Å². The molecule has 0 aromatic carbocycles. The lowest BCUT2D eigenvalue weighted by Gasteiger charge is -2.32. The topological polar surface area (TPSA) is 25.8 Å². The first kappa shape index (κ1) is 15.1. The summed E-state index contributed by atoms with van der Waals surface area (Å²) in [5.41, 5.74) is 0.563. The Hall–Kier alpha value is -1.27. The molecule has 0 aliphatic heterocycles. The van der Waals surface area contributed by atoms with Crippen LogP contribution in [0.5, 0.6) is 0 Å². The molecule has 2 nitrogen and oxygen atoms in total. The van der Waals surface area contributed by atoms with Crippen molar-refractivity contribution in [2.75, 3.05) is 0 Å². The van der Waals surface area contributed by atoms with Gasteiger partial charge in [-0.2, -0.15) is 13.2 Å². The standard InChI is InChI=1S/C13H15F5N2/c1-8(9-2-4-12(14,15)5-3-9)10-6-19-11(20-7-10)13(16,17)18/h6-9H,2-5H2,1H3. The zero-order chi connectivity index (χ0) is 15.0. The quantitative estimate of drug-likeness (QED) is 0.754. The Kier molecular flexibility index (Phi) is 3.97.